The van der Waals surface area contributed by atoms with Gasteiger partial charge in [0.2, 0.25) is 12.3 Å². The van der Waals surface area contributed by atoms with Crippen LogP contribution < -0.4 is 4.74 Å². The lowest BCUT2D eigenvalue weighted by Crippen LogP contribution is -2.30. The number of hydrogen-bond donors (Lipinski definition) is 0. The Hall–Kier alpha value is -3.22. The van der Waals surface area contributed by atoms with Crippen LogP contribution in [0.3, 0.4) is 0 Å². The first kappa shape index (κ1) is 16.6. The van der Waals surface area contributed by atoms with E-state index in [-0.39, 0.29) is 18.3 Å². The summed E-state index contributed by atoms with van der Waals surface area (Å²) in [4.78, 5) is 13.7. The van der Waals surface area contributed by atoms with Crippen molar-refractivity contribution in [1.82, 2.24) is 15.1 Å². The summed E-state index contributed by atoms with van der Waals surface area (Å²) in [5.74, 6) is 0.504. The first-order chi connectivity index (χ1) is 12.1. The van der Waals surface area contributed by atoms with Gasteiger partial charge >= 0.3 is 0 Å². The largest absolute Gasteiger partial charge is 0.484 e. The van der Waals surface area contributed by atoms with Crippen molar-refractivity contribution in [1.29, 1.82) is 0 Å². The number of amides is 1. The molecule has 0 aliphatic rings. The fraction of sp³-hybridized carbons (Fsp3) is 0.167. The molecule has 1 amide bonds. The topological polar surface area (TPSA) is 68.5 Å². The van der Waals surface area contributed by atoms with Crippen molar-refractivity contribution < 1.29 is 18.3 Å². The van der Waals surface area contributed by atoms with E-state index in [1.54, 1.807) is 43.4 Å². The molecule has 0 aliphatic carbocycles. The van der Waals surface area contributed by atoms with E-state index in [0.29, 0.717) is 18.2 Å². The summed E-state index contributed by atoms with van der Waals surface area (Å²) in [6.45, 7) is 0.302. The van der Waals surface area contributed by atoms with Gasteiger partial charge in [0.15, 0.2) is 6.61 Å². The van der Waals surface area contributed by atoms with E-state index in [2.05, 4.69) is 10.2 Å². The summed E-state index contributed by atoms with van der Waals surface area (Å²) in [6, 6.07) is 13.0. The number of nitrogens with zero attached hydrogens (tertiary/aromatic N) is 3. The van der Waals surface area contributed by atoms with Gasteiger partial charge in [0.25, 0.3) is 5.91 Å². The van der Waals surface area contributed by atoms with Crippen LogP contribution in [0.1, 0.15) is 5.56 Å². The van der Waals surface area contributed by atoms with Crippen molar-refractivity contribution in [2.75, 3.05) is 13.7 Å². The van der Waals surface area contributed by atoms with Gasteiger partial charge in [0.05, 0.1) is 0 Å². The van der Waals surface area contributed by atoms with Crippen molar-refractivity contribution in [3.05, 3.63) is 66.3 Å². The van der Waals surface area contributed by atoms with E-state index in [9.17, 15) is 9.18 Å². The van der Waals surface area contributed by atoms with E-state index in [1.165, 1.54) is 23.4 Å². The summed E-state index contributed by atoms with van der Waals surface area (Å²) in [5, 5.41) is 7.44. The molecular weight excluding hydrogens is 325 g/mol. The summed E-state index contributed by atoms with van der Waals surface area (Å²) in [5.41, 5.74) is 1.62. The normalized spacial score (nSPS) is 10.5. The predicted octanol–water partition coefficient (Wildman–Crippen LogP) is 2.91. The maximum atomic E-state index is 12.9. The van der Waals surface area contributed by atoms with Gasteiger partial charge < -0.3 is 14.1 Å². The molecule has 1 heterocycles. The number of carbonyl (C=O) groups excluding carboxylic acids is 1. The Kier molecular flexibility index (Phi) is 5.03. The van der Waals surface area contributed by atoms with Crippen molar-refractivity contribution in [3.63, 3.8) is 0 Å². The van der Waals surface area contributed by atoms with E-state index >= 15 is 0 Å². The van der Waals surface area contributed by atoms with Gasteiger partial charge in [-0.15, -0.1) is 10.2 Å². The molecule has 0 bridgehead atoms. The zero-order valence-electron chi connectivity index (χ0n) is 13.6. The van der Waals surface area contributed by atoms with E-state index in [0.717, 1.165) is 11.1 Å². The molecule has 0 saturated carbocycles. The molecule has 7 heteroatoms. The van der Waals surface area contributed by atoms with Gasteiger partial charge in [-0.25, -0.2) is 4.39 Å². The molecule has 0 unspecified atom stereocenters. The zero-order chi connectivity index (χ0) is 17.6. The molecular formula is C18H16FN3O3. The lowest BCUT2D eigenvalue weighted by Gasteiger charge is -2.17. The lowest BCUT2D eigenvalue weighted by atomic mass is 10.2. The Bertz CT molecular complexity index is 818. The number of carbonyl (C=O) groups is 1. The maximum absolute atomic E-state index is 12.9. The highest BCUT2D eigenvalue weighted by Crippen LogP contribution is 2.20. The van der Waals surface area contributed by atoms with Gasteiger partial charge in [-0.05, 0) is 42.0 Å². The number of likely N-dealkylation sites (N-methyl/N-ethyl adjacent to an activating group) is 1. The number of rotatable bonds is 6. The predicted molar refractivity (Wildman–Crippen MR) is 88.1 cm³/mol. The lowest BCUT2D eigenvalue weighted by molar-refractivity contribution is -0.132. The molecule has 3 aromatic rings. The number of benzene rings is 2. The molecule has 0 aliphatic heterocycles. The minimum absolute atomic E-state index is 0.0857. The molecule has 1 aromatic heterocycles. The highest BCUT2D eigenvalue weighted by Gasteiger charge is 2.11. The van der Waals surface area contributed by atoms with Crippen LogP contribution >= 0.6 is 0 Å². The molecule has 0 saturated heterocycles. The van der Waals surface area contributed by atoms with E-state index in [4.69, 9.17) is 9.15 Å². The fourth-order valence-corrected chi connectivity index (χ4v) is 2.20. The number of hydrogen-bond acceptors (Lipinski definition) is 5. The molecule has 0 spiro atoms. The minimum atomic E-state index is -0.301. The second-order valence-electron chi connectivity index (χ2n) is 5.43. The van der Waals surface area contributed by atoms with E-state index in [1.807, 2.05) is 0 Å². The van der Waals surface area contributed by atoms with Crippen LogP contribution in [0.2, 0.25) is 0 Å². The third-order valence-electron chi connectivity index (χ3n) is 3.58. The summed E-state index contributed by atoms with van der Waals surface area (Å²) in [6.07, 6.45) is 1.26. The molecule has 3 rings (SSSR count). The second-order valence-corrected chi connectivity index (χ2v) is 5.43. The molecule has 0 atom stereocenters. The smallest absolute Gasteiger partial charge is 0.260 e. The number of ether oxygens (including phenoxy) is 1. The third-order valence-corrected chi connectivity index (χ3v) is 3.58. The van der Waals surface area contributed by atoms with Crippen LogP contribution in [0.15, 0.2) is 59.3 Å². The quantitative estimate of drug-likeness (QED) is 0.689. The summed E-state index contributed by atoms with van der Waals surface area (Å²) < 4.78 is 23.5. The Morgan fingerprint density at radius 1 is 1.16 bits per heavy atom. The standard InChI is InChI=1S/C18H16FN3O3/c1-22(10-13-2-6-15(19)7-3-13)17(23)11-24-16-8-4-14(5-9-16)18-21-20-12-25-18/h2-9,12H,10-11H2,1H3. The molecule has 6 nitrogen and oxygen atoms in total. The zero-order valence-corrected chi connectivity index (χ0v) is 13.6. The fourth-order valence-electron chi connectivity index (χ4n) is 2.20. The van der Waals surface area contributed by atoms with Crippen LogP contribution in [-0.4, -0.2) is 34.7 Å². The first-order valence-corrected chi connectivity index (χ1v) is 7.59. The van der Waals surface area contributed by atoms with Crippen LogP contribution in [0.5, 0.6) is 5.75 Å². The average Bonchev–Trinajstić information content (AvgIpc) is 3.16. The van der Waals surface area contributed by atoms with Crippen LogP contribution in [0, 0.1) is 5.82 Å². The molecule has 0 N–H and O–H groups in total. The number of halogens is 1. The van der Waals surface area contributed by atoms with Gasteiger partial charge in [-0.2, -0.15) is 0 Å². The highest BCUT2D eigenvalue weighted by molar-refractivity contribution is 5.77. The third kappa shape index (κ3) is 4.41. The van der Waals surface area contributed by atoms with Crippen LogP contribution in [-0.2, 0) is 11.3 Å². The van der Waals surface area contributed by atoms with Crippen LogP contribution in [0.4, 0.5) is 4.39 Å². The number of aromatic nitrogens is 2. The molecule has 0 radical (unpaired) electrons. The first-order valence-electron chi connectivity index (χ1n) is 7.59. The molecule has 25 heavy (non-hydrogen) atoms. The summed E-state index contributed by atoms with van der Waals surface area (Å²) >= 11 is 0. The molecule has 2 aromatic carbocycles. The Morgan fingerprint density at radius 2 is 1.88 bits per heavy atom. The SMILES string of the molecule is CN(Cc1ccc(F)cc1)C(=O)COc1ccc(-c2nnco2)cc1. The highest BCUT2D eigenvalue weighted by atomic mass is 19.1. The second kappa shape index (κ2) is 7.57. The van der Waals surface area contributed by atoms with Crippen molar-refractivity contribution in [3.8, 4) is 17.2 Å². The van der Waals surface area contributed by atoms with Gasteiger partial charge in [-0.3, -0.25) is 4.79 Å². The Morgan fingerprint density at radius 3 is 2.52 bits per heavy atom. The Labute approximate surface area is 143 Å². The van der Waals surface area contributed by atoms with Gasteiger partial charge in [-0.1, -0.05) is 12.1 Å². The van der Waals surface area contributed by atoms with Crippen molar-refractivity contribution >= 4 is 5.91 Å². The van der Waals surface area contributed by atoms with Gasteiger partial charge in [0, 0.05) is 19.2 Å². The maximum Gasteiger partial charge on any atom is 0.260 e. The Balaban J connectivity index is 1.52. The average molecular weight is 341 g/mol. The van der Waals surface area contributed by atoms with E-state index < -0.39 is 0 Å². The molecule has 128 valence electrons. The summed E-state index contributed by atoms with van der Waals surface area (Å²) in [7, 11) is 1.67. The van der Waals surface area contributed by atoms with Gasteiger partial charge in [0.1, 0.15) is 11.6 Å². The molecule has 0 fully saturated rings. The van der Waals surface area contributed by atoms with Crippen molar-refractivity contribution in [2.24, 2.45) is 0 Å². The monoisotopic (exact) mass is 341 g/mol. The van der Waals surface area contributed by atoms with Crippen LogP contribution in [0.25, 0.3) is 11.5 Å². The minimum Gasteiger partial charge on any atom is -0.484 e. The van der Waals surface area contributed by atoms with Crippen molar-refractivity contribution in [2.45, 2.75) is 6.54 Å².